The molecule has 1 heterocycles. The first kappa shape index (κ1) is 16.3. The van der Waals surface area contributed by atoms with Crippen molar-refractivity contribution in [2.45, 2.75) is 13.3 Å². The summed E-state index contributed by atoms with van der Waals surface area (Å²) in [6.45, 7) is 1.80. The maximum absolute atomic E-state index is 11.1. The molecule has 4 nitrogen and oxygen atoms in total. The van der Waals surface area contributed by atoms with Crippen molar-refractivity contribution in [2.24, 2.45) is 7.05 Å². The average Bonchev–Trinajstić information content (AvgIpc) is 2.89. The molecular weight excluding hydrogens is 324 g/mol. The van der Waals surface area contributed by atoms with Gasteiger partial charge in [0.05, 0.1) is 17.0 Å². The van der Waals surface area contributed by atoms with E-state index in [1.807, 2.05) is 54.2 Å². The molecule has 0 bridgehead atoms. The van der Waals surface area contributed by atoms with Gasteiger partial charge in [0, 0.05) is 24.1 Å². The predicted octanol–water partition coefficient (Wildman–Crippen LogP) is 4.34. The van der Waals surface area contributed by atoms with Gasteiger partial charge in [-0.05, 0) is 48.4 Å². The van der Waals surface area contributed by atoms with Crippen LogP contribution in [0.25, 0.3) is 11.3 Å². The van der Waals surface area contributed by atoms with E-state index in [9.17, 15) is 4.79 Å². The van der Waals surface area contributed by atoms with Gasteiger partial charge in [-0.3, -0.25) is 4.68 Å². The molecule has 2 aromatic carbocycles. The molecule has 122 valence electrons. The molecule has 24 heavy (non-hydrogen) atoms. The van der Waals surface area contributed by atoms with Crippen LogP contribution in [0.4, 0.5) is 0 Å². The number of carbonyl (C=O) groups is 1. The summed E-state index contributed by atoms with van der Waals surface area (Å²) in [5.41, 5.74) is 5.06. The molecule has 0 unspecified atom stereocenters. The van der Waals surface area contributed by atoms with E-state index in [2.05, 4.69) is 5.10 Å². The molecule has 1 N–H and O–H groups in total. The fourth-order valence-corrected chi connectivity index (χ4v) is 2.88. The van der Waals surface area contributed by atoms with Crippen LogP contribution in [0.2, 0.25) is 5.02 Å². The molecule has 0 saturated carbocycles. The Balaban J connectivity index is 1.90. The number of aryl methyl sites for hydroxylation is 2. The lowest BCUT2D eigenvalue weighted by Gasteiger charge is -2.05. The Morgan fingerprint density at radius 1 is 1.17 bits per heavy atom. The van der Waals surface area contributed by atoms with Crippen LogP contribution in [0.1, 0.15) is 27.2 Å². The van der Waals surface area contributed by atoms with Gasteiger partial charge in [-0.15, -0.1) is 0 Å². The zero-order valence-electron chi connectivity index (χ0n) is 13.5. The predicted molar refractivity (Wildman–Crippen MR) is 94.6 cm³/mol. The third kappa shape index (κ3) is 3.34. The third-order valence-electron chi connectivity index (χ3n) is 3.98. The molecule has 3 rings (SSSR count). The van der Waals surface area contributed by atoms with Gasteiger partial charge in [0.25, 0.3) is 0 Å². The summed E-state index contributed by atoms with van der Waals surface area (Å²) >= 11 is 5.91. The Labute approximate surface area is 145 Å². The van der Waals surface area contributed by atoms with Gasteiger partial charge in [-0.25, -0.2) is 4.79 Å². The standard InChI is InChI=1S/C19H17ClN2O2/c1-12-9-14(5-8-17(12)19(23)24)18-11-16(21-22(18)2)10-13-3-6-15(20)7-4-13/h3-9,11H,10H2,1-2H3,(H,23,24). The number of halogens is 1. The highest BCUT2D eigenvalue weighted by Crippen LogP contribution is 2.24. The Hall–Kier alpha value is -2.59. The molecule has 0 amide bonds. The number of hydrogen-bond donors (Lipinski definition) is 1. The number of nitrogens with zero attached hydrogens (tertiary/aromatic N) is 2. The topological polar surface area (TPSA) is 55.1 Å². The van der Waals surface area contributed by atoms with Crippen molar-refractivity contribution in [2.75, 3.05) is 0 Å². The smallest absolute Gasteiger partial charge is 0.335 e. The van der Waals surface area contributed by atoms with Crippen LogP contribution >= 0.6 is 11.6 Å². The van der Waals surface area contributed by atoms with E-state index in [1.165, 1.54) is 0 Å². The molecule has 0 aliphatic heterocycles. The SMILES string of the molecule is Cc1cc(-c2cc(Cc3ccc(Cl)cc3)nn2C)ccc1C(=O)O. The highest BCUT2D eigenvalue weighted by molar-refractivity contribution is 6.30. The highest BCUT2D eigenvalue weighted by atomic mass is 35.5. The zero-order valence-corrected chi connectivity index (χ0v) is 14.2. The normalized spacial score (nSPS) is 10.8. The van der Waals surface area contributed by atoms with E-state index >= 15 is 0 Å². The molecule has 1 aromatic heterocycles. The Kier molecular flexibility index (Phi) is 4.40. The quantitative estimate of drug-likeness (QED) is 0.768. The summed E-state index contributed by atoms with van der Waals surface area (Å²) in [6.07, 6.45) is 0.719. The lowest BCUT2D eigenvalue weighted by molar-refractivity contribution is 0.0696. The number of benzene rings is 2. The highest BCUT2D eigenvalue weighted by Gasteiger charge is 2.12. The van der Waals surface area contributed by atoms with E-state index in [-0.39, 0.29) is 0 Å². The van der Waals surface area contributed by atoms with Gasteiger partial charge in [-0.2, -0.15) is 5.10 Å². The fourth-order valence-electron chi connectivity index (χ4n) is 2.76. The summed E-state index contributed by atoms with van der Waals surface area (Å²) in [5, 5.41) is 14.4. The number of hydrogen-bond acceptors (Lipinski definition) is 2. The molecule has 0 radical (unpaired) electrons. The van der Waals surface area contributed by atoms with E-state index in [4.69, 9.17) is 16.7 Å². The third-order valence-corrected chi connectivity index (χ3v) is 4.23. The number of aromatic carboxylic acids is 1. The molecule has 5 heteroatoms. The van der Waals surface area contributed by atoms with E-state index in [0.717, 1.165) is 39.5 Å². The van der Waals surface area contributed by atoms with Crippen molar-refractivity contribution in [3.8, 4) is 11.3 Å². The second-order valence-corrected chi connectivity index (χ2v) is 6.22. The van der Waals surface area contributed by atoms with Crippen LogP contribution in [0, 0.1) is 6.92 Å². The van der Waals surface area contributed by atoms with Crippen LogP contribution in [0.15, 0.2) is 48.5 Å². The Morgan fingerprint density at radius 2 is 1.88 bits per heavy atom. The molecule has 0 aliphatic rings. The summed E-state index contributed by atoms with van der Waals surface area (Å²) in [6, 6.07) is 15.1. The summed E-state index contributed by atoms with van der Waals surface area (Å²) < 4.78 is 1.82. The zero-order chi connectivity index (χ0) is 17.3. The molecular formula is C19H17ClN2O2. The monoisotopic (exact) mass is 340 g/mol. The molecule has 0 atom stereocenters. The lowest BCUT2D eigenvalue weighted by Crippen LogP contribution is -2.00. The minimum absolute atomic E-state index is 0.322. The molecule has 0 saturated heterocycles. The van der Waals surface area contributed by atoms with Crippen molar-refractivity contribution < 1.29 is 9.90 Å². The van der Waals surface area contributed by atoms with Crippen LogP contribution in [-0.4, -0.2) is 20.9 Å². The van der Waals surface area contributed by atoms with E-state index < -0.39 is 5.97 Å². The van der Waals surface area contributed by atoms with Gasteiger partial charge in [-0.1, -0.05) is 29.8 Å². The van der Waals surface area contributed by atoms with Crippen molar-refractivity contribution in [3.63, 3.8) is 0 Å². The summed E-state index contributed by atoms with van der Waals surface area (Å²) in [7, 11) is 1.89. The fraction of sp³-hybridized carbons (Fsp3) is 0.158. The summed E-state index contributed by atoms with van der Waals surface area (Å²) in [5.74, 6) is -0.910. The first-order chi connectivity index (χ1) is 11.4. The number of carboxylic acid groups (broad SMARTS) is 1. The number of aromatic nitrogens is 2. The van der Waals surface area contributed by atoms with E-state index in [0.29, 0.717) is 5.56 Å². The average molecular weight is 341 g/mol. The second-order valence-electron chi connectivity index (χ2n) is 5.78. The maximum atomic E-state index is 11.1. The Morgan fingerprint density at radius 3 is 2.50 bits per heavy atom. The molecule has 3 aromatic rings. The van der Waals surface area contributed by atoms with Crippen LogP contribution in [-0.2, 0) is 13.5 Å². The largest absolute Gasteiger partial charge is 0.478 e. The summed E-state index contributed by atoms with van der Waals surface area (Å²) in [4.78, 5) is 11.1. The molecule has 0 aliphatic carbocycles. The second kappa shape index (κ2) is 6.49. The van der Waals surface area contributed by atoms with Gasteiger partial charge in [0.15, 0.2) is 0 Å². The number of carboxylic acids is 1. The first-order valence-corrected chi connectivity index (χ1v) is 7.93. The van der Waals surface area contributed by atoms with Gasteiger partial charge in [0.1, 0.15) is 0 Å². The minimum Gasteiger partial charge on any atom is -0.478 e. The van der Waals surface area contributed by atoms with Crippen LogP contribution in [0.5, 0.6) is 0 Å². The first-order valence-electron chi connectivity index (χ1n) is 7.55. The van der Waals surface area contributed by atoms with E-state index in [1.54, 1.807) is 13.0 Å². The maximum Gasteiger partial charge on any atom is 0.335 e. The molecule has 0 fully saturated rings. The number of rotatable bonds is 4. The van der Waals surface area contributed by atoms with Gasteiger partial charge < -0.3 is 5.11 Å². The lowest BCUT2D eigenvalue weighted by atomic mass is 10.0. The Bertz CT molecular complexity index is 898. The van der Waals surface area contributed by atoms with Gasteiger partial charge >= 0.3 is 5.97 Å². The van der Waals surface area contributed by atoms with Crippen molar-refractivity contribution in [1.29, 1.82) is 0 Å². The molecule has 0 spiro atoms. The van der Waals surface area contributed by atoms with Crippen molar-refractivity contribution in [3.05, 3.63) is 75.9 Å². The van der Waals surface area contributed by atoms with Crippen LogP contribution in [0.3, 0.4) is 0 Å². The minimum atomic E-state index is -0.910. The van der Waals surface area contributed by atoms with Gasteiger partial charge in [0.2, 0.25) is 0 Å². The van der Waals surface area contributed by atoms with Crippen molar-refractivity contribution >= 4 is 17.6 Å². The van der Waals surface area contributed by atoms with Crippen LogP contribution < -0.4 is 0 Å². The van der Waals surface area contributed by atoms with Crippen molar-refractivity contribution in [1.82, 2.24) is 9.78 Å².